The molecule has 6 heteroatoms. The summed E-state index contributed by atoms with van der Waals surface area (Å²) in [6.45, 7) is 0.308. The predicted octanol–water partition coefficient (Wildman–Crippen LogP) is 3.17. The number of fused-ring (bicyclic) bond motifs is 1. The molecule has 2 heterocycles. The van der Waals surface area contributed by atoms with Crippen LogP contribution in [0.4, 0.5) is 0 Å². The number of benzene rings is 1. The Morgan fingerprint density at radius 1 is 1.21 bits per heavy atom. The average molecular weight is 345 g/mol. The lowest BCUT2D eigenvalue weighted by molar-refractivity contribution is 0.112. The Labute approximate surface area is 144 Å². The van der Waals surface area contributed by atoms with Crippen LogP contribution in [0.5, 0.6) is 0 Å². The van der Waals surface area contributed by atoms with Crippen LogP contribution in [-0.2, 0) is 11.3 Å². The summed E-state index contributed by atoms with van der Waals surface area (Å²) in [7, 11) is 3.25. The van der Waals surface area contributed by atoms with E-state index in [2.05, 4.69) is 9.72 Å². The molecule has 0 bridgehead atoms. The van der Waals surface area contributed by atoms with Crippen LogP contribution in [0.15, 0.2) is 53.6 Å². The molecule has 0 atom stereocenters. The summed E-state index contributed by atoms with van der Waals surface area (Å²) in [5.74, 6) is 0. The molecule has 0 N–H and O–H groups in total. The number of methoxy groups -OCH3 is 1. The molecule has 124 valence electrons. The molecule has 1 aromatic carbocycles. The van der Waals surface area contributed by atoms with Crippen molar-refractivity contribution in [3.05, 3.63) is 75.4 Å². The summed E-state index contributed by atoms with van der Waals surface area (Å²) in [5, 5.41) is 1.85. The summed E-state index contributed by atoms with van der Waals surface area (Å²) in [6.07, 6.45) is 4.00. The monoisotopic (exact) mass is 344 g/mol. The van der Waals surface area contributed by atoms with E-state index in [9.17, 15) is 9.59 Å². The standard InChI is InChI=1S/C16H11ClN2O2.C2H6O/c17-15-3-1-2-14-13(15)5-7-19(16(14)21)9-12-8-11(10-20)4-6-18-12;1-3-2/h1-8,10H,9H2;1-2H3. The van der Waals surface area contributed by atoms with Crippen LogP contribution in [-0.4, -0.2) is 30.1 Å². The molecule has 3 rings (SSSR count). The van der Waals surface area contributed by atoms with Crippen molar-refractivity contribution in [3.63, 3.8) is 0 Å². The van der Waals surface area contributed by atoms with Crippen LogP contribution in [0, 0.1) is 0 Å². The second kappa shape index (κ2) is 8.38. The number of ether oxygens (including phenoxy) is 1. The fourth-order valence-corrected chi connectivity index (χ4v) is 2.47. The van der Waals surface area contributed by atoms with Crippen LogP contribution < -0.4 is 5.56 Å². The minimum atomic E-state index is -0.131. The molecular formula is C18H17ClN2O3. The highest BCUT2D eigenvalue weighted by Crippen LogP contribution is 2.20. The van der Waals surface area contributed by atoms with Crippen molar-refractivity contribution < 1.29 is 9.53 Å². The van der Waals surface area contributed by atoms with Crippen molar-refractivity contribution in [2.24, 2.45) is 0 Å². The SMILES string of the molecule is COC.O=Cc1ccnc(Cn2ccc3c(Cl)cccc3c2=O)c1. The lowest BCUT2D eigenvalue weighted by Gasteiger charge is -2.08. The molecule has 0 spiro atoms. The molecular weight excluding hydrogens is 328 g/mol. The molecule has 5 nitrogen and oxygen atoms in total. The van der Waals surface area contributed by atoms with E-state index < -0.39 is 0 Å². The molecule has 0 aliphatic carbocycles. The molecule has 0 fully saturated rings. The zero-order valence-corrected chi connectivity index (χ0v) is 14.2. The fourth-order valence-electron chi connectivity index (χ4n) is 2.24. The molecule has 0 saturated heterocycles. The second-order valence-corrected chi connectivity index (χ2v) is 5.46. The van der Waals surface area contributed by atoms with Crippen LogP contribution >= 0.6 is 11.6 Å². The van der Waals surface area contributed by atoms with E-state index in [1.54, 1.807) is 61.5 Å². The van der Waals surface area contributed by atoms with E-state index in [0.29, 0.717) is 28.2 Å². The smallest absolute Gasteiger partial charge is 0.258 e. The Kier molecular flexibility index (Phi) is 6.23. The Morgan fingerprint density at radius 3 is 2.67 bits per heavy atom. The Balaban J connectivity index is 0.000000647. The Hall–Kier alpha value is -2.50. The zero-order valence-electron chi connectivity index (χ0n) is 13.4. The molecule has 0 amide bonds. The first-order chi connectivity index (χ1) is 11.6. The van der Waals surface area contributed by atoms with Gasteiger partial charge in [0.25, 0.3) is 5.56 Å². The number of aromatic nitrogens is 2. The van der Waals surface area contributed by atoms with Gasteiger partial charge in [-0.1, -0.05) is 17.7 Å². The van der Waals surface area contributed by atoms with Gasteiger partial charge in [0.1, 0.15) is 6.29 Å². The number of hydrogen-bond donors (Lipinski definition) is 0. The van der Waals surface area contributed by atoms with E-state index in [-0.39, 0.29) is 5.56 Å². The summed E-state index contributed by atoms with van der Waals surface area (Å²) in [4.78, 5) is 27.4. The topological polar surface area (TPSA) is 61.2 Å². The number of rotatable bonds is 3. The molecule has 0 radical (unpaired) electrons. The summed E-state index contributed by atoms with van der Waals surface area (Å²) < 4.78 is 5.80. The van der Waals surface area contributed by atoms with Crippen molar-refractivity contribution in [2.45, 2.75) is 6.54 Å². The zero-order chi connectivity index (χ0) is 17.5. The number of nitrogens with zero attached hydrogens (tertiary/aromatic N) is 2. The highest BCUT2D eigenvalue weighted by atomic mass is 35.5. The summed E-state index contributed by atoms with van der Waals surface area (Å²) >= 11 is 6.08. The number of pyridine rings is 2. The van der Waals surface area contributed by atoms with Gasteiger partial charge in [-0.05, 0) is 30.3 Å². The maximum atomic E-state index is 12.4. The first-order valence-corrected chi connectivity index (χ1v) is 7.56. The van der Waals surface area contributed by atoms with Crippen LogP contribution in [0.1, 0.15) is 16.1 Å². The van der Waals surface area contributed by atoms with Gasteiger partial charge in [0.05, 0.1) is 12.2 Å². The van der Waals surface area contributed by atoms with Gasteiger partial charge in [-0.25, -0.2) is 0 Å². The summed E-state index contributed by atoms with van der Waals surface area (Å²) in [5.41, 5.74) is 1.06. The van der Waals surface area contributed by atoms with Crippen LogP contribution in [0.25, 0.3) is 10.8 Å². The second-order valence-electron chi connectivity index (χ2n) is 5.06. The van der Waals surface area contributed by atoms with Crippen molar-refractivity contribution >= 4 is 28.7 Å². The van der Waals surface area contributed by atoms with Crippen LogP contribution in [0.3, 0.4) is 0 Å². The van der Waals surface area contributed by atoms with Gasteiger partial charge in [0.15, 0.2) is 0 Å². The van der Waals surface area contributed by atoms with Gasteiger partial charge in [0, 0.05) is 48.0 Å². The van der Waals surface area contributed by atoms with Gasteiger partial charge in [-0.15, -0.1) is 0 Å². The Morgan fingerprint density at radius 2 is 1.96 bits per heavy atom. The molecule has 0 aliphatic rings. The molecule has 2 aromatic heterocycles. The van der Waals surface area contributed by atoms with Gasteiger partial charge >= 0.3 is 0 Å². The first kappa shape index (κ1) is 17.8. The van der Waals surface area contributed by atoms with E-state index in [1.165, 1.54) is 0 Å². The largest absolute Gasteiger partial charge is 0.388 e. The lowest BCUT2D eigenvalue weighted by atomic mass is 10.1. The van der Waals surface area contributed by atoms with Crippen molar-refractivity contribution in [3.8, 4) is 0 Å². The van der Waals surface area contributed by atoms with Gasteiger partial charge in [-0.2, -0.15) is 0 Å². The third kappa shape index (κ3) is 4.07. The van der Waals surface area contributed by atoms with Crippen molar-refractivity contribution in [1.82, 2.24) is 9.55 Å². The Bertz CT molecular complexity index is 906. The molecule has 0 saturated carbocycles. The highest BCUT2D eigenvalue weighted by Gasteiger charge is 2.06. The van der Waals surface area contributed by atoms with Gasteiger partial charge < -0.3 is 9.30 Å². The van der Waals surface area contributed by atoms with E-state index in [0.717, 1.165) is 11.7 Å². The maximum Gasteiger partial charge on any atom is 0.258 e. The van der Waals surface area contributed by atoms with Gasteiger partial charge in [0.2, 0.25) is 0 Å². The maximum absolute atomic E-state index is 12.4. The molecule has 0 aliphatic heterocycles. The third-order valence-electron chi connectivity index (χ3n) is 3.27. The average Bonchev–Trinajstić information content (AvgIpc) is 2.59. The minimum Gasteiger partial charge on any atom is -0.388 e. The highest BCUT2D eigenvalue weighted by molar-refractivity contribution is 6.35. The number of hydrogen-bond acceptors (Lipinski definition) is 4. The quantitative estimate of drug-likeness (QED) is 0.685. The fraction of sp³-hybridized carbons (Fsp3) is 0.167. The normalized spacial score (nSPS) is 10.1. The number of halogens is 1. The van der Waals surface area contributed by atoms with E-state index in [4.69, 9.17) is 11.6 Å². The van der Waals surface area contributed by atoms with E-state index >= 15 is 0 Å². The van der Waals surface area contributed by atoms with Crippen molar-refractivity contribution in [1.29, 1.82) is 0 Å². The minimum absolute atomic E-state index is 0.131. The number of carbonyl (C=O) groups is 1. The summed E-state index contributed by atoms with van der Waals surface area (Å²) in [6, 6.07) is 10.4. The third-order valence-corrected chi connectivity index (χ3v) is 3.60. The van der Waals surface area contributed by atoms with Crippen LogP contribution in [0.2, 0.25) is 5.02 Å². The van der Waals surface area contributed by atoms with Gasteiger partial charge in [-0.3, -0.25) is 14.6 Å². The lowest BCUT2D eigenvalue weighted by Crippen LogP contribution is -2.20. The molecule has 3 aromatic rings. The molecule has 0 unspecified atom stereocenters. The molecule has 24 heavy (non-hydrogen) atoms. The van der Waals surface area contributed by atoms with Crippen molar-refractivity contribution in [2.75, 3.05) is 14.2 Å². The predicted molar refractivity (Wildman–Crippen MR) is 94.9 cm³/mol. The first-order valence-electron chi connectivity index (χ1n) is 7.18. The van der Waals surface area contributed by atoms with E-state index in [1.807, 2.05) is 6.07 Å². The number of aldehydes is 1. The number of carbonyl (C=O) groups excluding carboxylic acids is 1.